The number of hydrogen-bond acceptors (Lipinski definition) is 4. The van der Waals surface area contributed by atoms with E-state index in [1.54, 1.807) is 11.3 Å². The maximum absolute atomic E-state index is 13.2. The van der Waals surface area contributed by atoms with Crippen molar-refractivity contribution in [1.29, 1.82) is 0 Å². The van der Waals surface area contributed by atoms with Crippen LogP contribution in [-0.4, -0.2) is 32.6 Å². The van der Waals surface area contributed by atoms with Crippen molar-refractivity contribution in [3.63, 3.8) is 0 Å². The fraction of sp³-hybridized carbons (Fsp3) is 0.581. The summed E-state index contributed by atoms with van der Waals surface area (Å²) in [4.78, 5) is 31.6. The minimum absolute atomic E-state index is 0.328. The van der Waals surface area contributed by atoms with Gasteiger partial charge >= 0.3 is 5.97 Å². The smallest absolute Gasteiger partial charge is 0.326 e. The third kappa shape index (κ3) is 5.98. The number of carbonyl (C=O) groups excluding carboxylic acids is 1. The van der Waals surface area contributed by atoms with Crippen molar-refractivity contribution in [2.75, 3.05) is 0 Å². The Morgan fingerprint density at radius 3 is 2.61 bits per heavy atom. The summed E-state index contributed by atoms with van der Waals surface area (Å²) in [5.41, 5.74) is 2.67. The zero-order chi connectivity index (χ0) is 26.9. The minimum Gasteiger partial charge on any atom is -0.480 e. The molecule has 2 heterocycles. The van der Waals surface area contributed by atoms with E-state index in [2.05, 4.69) is 48.2 Å². The van der Waals surface area contributed by atoms with E-state index in [1.807, 2.05) is 18.2 Å². The molecule has 2 saturated carbocycles. The Bertz CT molecular complexity index is 1270. The van der Waals surface area contributed by atoms with Crippen molar-refractivity contribution in [3.05, 3.63) is 52.0 Å². The van der Waals surface area contributed by atoms with Gasteiger partial charge in [-0.1, -0.05) is 39.7 Å². The molecule has 0 aliphatic heterocycles. The van der Waals surface area contributed by atoms with Crippen molar-refractivity contribution >= 4 is 34.2 Å². The van der Waals surface area contributed by atoms with E-state index in [-0.39, 0.29) is 5.91 Å². The Morgan fingerprint density at radius 2 is 1.92 bits per heavy atom. The maximum atomic E-state index is 13.2. The number of nitrogens with zero attached hydrogens (tertiary/aromatic N) is 2. The lowest BCUT2D eigenvalue weighted by atomic mass is 9.71. The summed E-state index contributed by atoms with van der Waals surface area (Å²) in [6.45, 7) is 6.89. The summed E-state index contributed by atoms with van der Waals surface area (Å²) in [5, 5.41) is 14.8. The minimum atomic E-state index is -0.960. The monoisotopic (exact) mass is 535 g/mol. The fourth-order valence-corrected chi connectivity index (χ4v) is 7.23. The summed E-state index contributed by atoms with van der Waals surface area (Å²) in [6, 6.07) is 9.44. The van der Waals surface area contributed by atoms with Crippen molar-refractivity contribution < 1.29 is 14.7 Å². The van der Waals surface area contributed by atoms with Crippen LogP contribution in [0.3, 0.4) is 0 Å². The van der Waals surface area contributed by atoms with Gasteiger partial charge in [0.05, 0.1) is 11.0 Å². The van der Waals surface area contributed by atoms with E-state index in [9.17, 15) is 14.7 Å². The number of carboxylic acids is 1. The number of thiophene rings is 1. The second-order valence-corrected chi connectivity index (χ2v) is 13.4. The van der Waals surface area contributed by atoms with Crippen LogP contribution >= 0.6 is 11.3 Å². The van der Waals surface area contributed by atoms with Gasteiger partial charge in [-0.25, -0.2) is 9.78 Å². The van der Waals surface area contributed by atoms with Crippen molar-refractivity contribution in [3.8, 4) is 0 Å². The van der Waals surface area contributed by atoms with Crippen LogP contribution in [-0.2, 0) is 11.2 Å². The molecule has 38 heavy (non-hydrogen) atoms. The molecule has 2 aliphatic rings. The van der Waals surface area contributed by atoms with Crippen LogP contribution in [0, 0.1) is 17.3 Å². The van der Waals surface area contributed by atoms with Gasteiger partial charge in [0.15, 0.2) is 0 Å². The SMILES string of the molecule is C[C@@H]1CCCC[C@H]1n1c(Cc2cccs2)nc2cc(C(=O)NC(CC3CCC(C)(C)CC3)C(=O)O)ccc21. The normalized spacial score (nSPS) is 22.8. The number of aliphatic carboxylic acids is 1. The van der Waals surface area contributed by atoms with Crippen LogP contribution in [0.15, 0.2) is 35.7 Å². The number of carbonyl (C=O) groups is 2. The Hall–Kier alpha value is -2.67. The highest BCUT2D eigenvalue weighted by molar-refractivity contribution is 7.09. The quantitative estimate of drug-likeness (QED) is 0.319. The molecular weight excluding hydrogens is 494 g/mol. The lowest BCUT2D eigenvalue weighted by Crippen LogP contribution is -2.42. The van der Waals surface area contributed by atoms with Gasteiger partial charge < -0.3 is 15.0 Å². The van der Waals surface area contributed by atoms with Crippen molar-refractivity contribution in [2.45, 2.75) is 97.1 Å². The van der Waals surface area contributed by atoms with E-state index in [0.717, 1.165) is 55.4 Å². The molecule has 1 unspecified atom stereocenters. The molecule has 5 rings (SSSR count). The fourth-order valence-electron chi connectivity index (χ4n) is 6.53. The van der Waals surface area contributed by atoms with Crippen LogP contribution in [0.2, 0.25) is 0 Å². The van der Waals surface area contributed by atoms with Gasteiger partial charge in [-0.3, -0.25) is 4.79 Å². The van der Waals surface area contributed by atoms with Gasteiger partial charge in [0, 0.05) is 22.9 Å². The largest absolute Gasteiger partial charge is 0.480 e. The first-order valence-corrected chi connectivity index (χ1v) is 15.1. The number of carboxylic acid groups (broad SMARTS) is 1. The Kier molecular flexibility index (Phi) is 7.94. The van der Waals surface area contributed by atoms with Gasteiger partial charge in [0.1, 0.15) is 11.9 Å². The molecule has 2 N–H and O–H groups in total. The van der Waals surface area contributed by atoms with Crippen molar-refractivity contribution in [2.24, 2.45) is 17.3 Å². The predicted molar refractivity (Wildman–Crippen MR) is 153 cm³/mol. The number of nitrogens with one attached hydrogen (secondary N) is 1. The van der Waals surface area contributed by atoms with E-state index < -0.39 is 12.0 Å². The molecule has 3 atom stereocenters. The number of rotatable bonds is 8. The molecular formula is C31H41N3O3S. The van der Waals surface area contributed by atoms with Crippen molar-refractivity contribution in [1.82, 2.24) is 14.9 Å². The number of amides is 1. The molecule has 2 aliphatic carbocycles. The molecule has 0 spiro atoms. The number of aromatic nitrogens is 2. The molecule has 0 radical (unpaired) electrons. The van der Waals surface area contributed by atoms with E-state index in [4.69, 9.17) is 4.98 Å². The zero-order valence-corrected chi connectivity index (χ0v) is 23.7. The number of fused-ring (bicyclic) bond motifs is 1. The van der Waals surface area contributed by atoms with Gasteiger partial charge in [-0.2, -0.15) is 0 Å². The molecule has 1 amide bonds. The molecule has 2 aromatic heterocycles. The zero-order valence-electron chi connectivity index (χ0n) is 22.9. The Labute approximate surface area is 229 Å². The topological polar surface area (TPSA) is 84.2 Å². The molecule has 0 saturated heterocycles. The first-order valence-electron chi connectivity index (χ1n) is 14.3. The number of benzene rings is 1. The second kappa shape index (κ2) is 11.2. The Balaban J connectivity index is 1.38. The summed E-state index contributed by atoms with van der Waals surface area (Å²) >= 11 is 1.74. The molecule has 1 aromatic carbocycles. The van der Waals surface area contributed by atoms with Crippen LogP contribution in [0.4, 0.5) is 0 Å². The summed E-state index contributed by atoms with van der Waals surface area (Å²) < 4.78 is 2.42. The Morgan fingerprint density at radius 1 is 1.16 bits per heavy atom. The van der Waals surface area contributed by atoms with Gasteiger partial charge in [0.2, 0.25) is 0 Å². The summed E-state index contributed by atoms with van der Waals surface area (Å²) in [7, 11) is 0. The number of hydrogen-bond donors (Lipinski definition) is 2. The van der Waals surface area contributed by atoms with E-state index in [1.165, 1.54) is 24.1 Å². The first-order chi connectivity index (χ1) is 18.2. The maximum Gasteiger partial charge on any atom is 0.326 e. The third-order valence-electron chi connectivity index (χ3n) is 8.97. The van der Waals surface area contributed by atoms with Crippen LogP contribution in [0.5, 0.6) is 0 Å². The van der Waals surface area contributed by atoms with E-state index >= 15 is 0 Å². The predicted octanol–water partition coefficient (Wildman–Crippen LogP) is 7.23. The summed E-state index contributed by atoms with van der Waals surface area (Å²) in [5.74, 6) is 0.657. The van der Waals surface area contributed by atoms with Gasteiger partial charge in [-0.15, -0.1) is 11.3 Å². The highest BCUT2D eigenvalue weighted by Gasteiger charge is 2.32. The van der Waals surface area contributed by atoms with Gasteiger partial charge in [0.25, 0.3) is 5.91 Å². The average molecular weight is 536 g/mol. The molecule has 0 bridgehead atoms. The van der Waals surface area contributed by atoms with Crippen LogP contribution in [0.1, 0.15) is 106 Å². The van der Waals surface area contributed by atoms with Gasteiger partial charge in [-0.05, 0) is 91.8 Å². The lowest BCUT2D eigenvalue weighted by Gasteiger charge is -2.35. The standard InChI is InChI=1S/C31H41N3O3S/c1-20-7-4-5-9-26(20)34-27-11-10-22(18-24(27)32-28(34)19-23-8-6-16-38-23)29(35)33-25(30(36)37)17-21-12-14-31(2,3)15-13-21/h6,8,10-11,16,18,20-21,25-26H,4-5,7,9,12-15,17,19H2,1-3H3,(H,33,35)(H,36,37)/t20-,25?,26-/m1/s1. The van der Waals surface area contributed by atoms with Crippen LogP contribution in [0.25, 0.3) is 11.0 Å². The molecule has 2 fully saturated rings. The number of imidazole rings is 1. The first kappa shape index (κ1) is 26.9. The molecule has 6 nitrogen and oxygen atoms in total. The third-order valence-corrected chi connectivity index (χ3v) is 9.84. The lowest BCUT2D eigenvalue weighted by molar-refractivity contribution is -0.139. The highest BCUT2D eigenvalue weighted by atomic mass is 32.1. The van der Waals surface area contributed by atoms with Crippen LogP contribution < -0.4 is 5.32 Å². The molecule has 3 aromatic rings. The second-order valence-electron chi connectivity index (χ2n) is 12.4. The molecule has 7 heteroatoms. The summed E-state index contributed by atoms with van der Waals surface area (Å²) in [6.07, 6.45) is 10.4. The van der Waals surface area contributed by atoms with E-state index in [0.29, 0.717) is 35.3 Å². The molecule has 204 valence electrons. The average Bonchev–Trinajstić information content (AvgIpc) is 3.52. The highest BCUT2D eigenvalue weighted by Crippen LogP contribution is 2.40.